The lowest BCUT2D eigenvalue weighted by atomic mass is 10.2. The third kappa shape index (κ3) is 4.66. The monoisotopic (exact) mass is 411 g/mol. The molecule has 0 fully saturated rings. The average Bonchev–Trinajstić information content (AvgIpc) is 3.16. The number of nitrogens with one attached hydrogen (secondary N) is 1. The van der Waals surface area contributed by atoms with Gasteiger partial charge >= 0.3 is 0 Å². The van der Waals surface area contributed by atoms with Crippen LogP contribution in [0.2, 0.25) is 5.02 Å². The molecular weight excluding hydrogens is 401 g/mol. The topological polar surface area (TPSA) is 109 Å². The van der Waals surface area contributed by atoms with E-state index < -0.39 is 28.0 Å². The highest BCUT2D eigenvalue weighted by Crippen LogP contribution is 2.26. The Morgan fingerprint density at radius 2 is 2.03 bits per heavy atom. The third-order valence-corrected chi connectivity index (χ3v) is 4.03. The molecule has 0 saturated carbocycles. The number of non-ortho nitro benzene ring substituents is 1. The molecule has 7 nitrogen and oxygen atoms in total. The SMILES string of the molecule is N#C/C(=C\c1ccc(-c2cccc(Cl)c2)o1)C(=O)Nc1cc([N+](=O)[O-])ccc1F. The van der Waals surface area contributed by atoms with Crippen LogP contribution in [-0.4, -0.2) is 10.8 Å². The third-order valence-electron chi connectivity index (χ3n) is 3.80. The van der Waals surface area contributed by atoms with Gasteiger partial charge in [-0.05, 0) is 30.3 Å². The number of hydrogen-bond donors (Lipinski definition) is 1. The maximum Gasteiger partial charge on any atom is 0.271 e. The van der Waals surface area contributed by atoms with Gasteiger partial charge in [0, 0.05) is 28.8 Å². The largest absolute Gasteiger partial charge is 0.457 e. The van der Waals surface area contributed by atoms with Crippen LogP contribution in [0, 0.1) is 27.3 Å². The number of amides is 1. The molecule has 3 aromatic rings. The molecule has 1 N–H and O–H groups in total. The quantitative estimate of drug-likeness (QED) is 0.269. The fourth-order valence-electron chi connectivity index (χ4n) is 2.43. The highest BCUT2D eigenvalue weighted by atomic mass is 35.5. The zero-order valence-corrected chi connectivity index (χ0v) is 15.3. The van der Waals surface area contributed by atoms with Gasteiger partial charge in [-0.1, -0.05) is 23.7 Å². The summed E-state index contributed by atoms with van der Waals surface area (Å²) in [5.74, 6) is -1.12. The summed E-state index contributed by atoms with van der Waals surface area (Å²) in [4.78, 5) is 22.4. The first-order valence-electron chi connectivity index (χ1n) is 8.10. The molecule has 2 aromatic carbocycles. The standard InChI is InChI=1S/C20H11ClFN3O4/c21-14-3-1-2-12(8-14)19-7-5-16(29-19)9-13(11-23)20(26)24-18-10-15(25(27)28)4-6-17(18)22/h1-10H,(H,24,26)/b13-9+. The fourth-order valence-corrected chi connectivity index (χ4v) is 2.62. The summed E-state index contributed by atoms with van der Waals surface area (Å²) >= 11 is 5.95. The number of nitrogens with zero attached hydrogens (tertiary/aromatic N) is 2. The molecule has 0 aliphatic carbocycles. The van der Waals surface area contributed by atoms with Crippen LogP contribution in [0.15, 0.2) is 64.6 Å². The normalized spacial score (nSPS) is 11.0. The molecule has 1 amide bonds. The lowest BCUT2D eigenvalue weighted by Gasteiger charge is -2.05. The maximum absolute atomic E-state index is 13.8. The van der Waals surface area contributed by atoms with E-state index >= 15 is 0 Å². The van der Waals surface area contributed by atoms with Gasteiger partial charge in [0.15, 0.2) is 0 Å². The summed E-state index contributed by atoms with van der Waals surface area (Å²) in [7, 11) is 0. The van der Waals surface area contributed by atoms with E-state index in [0.717, 1.165) is 18.2 Å². The Labute approximate surface area is 168 Å². The van der Waals surface area contributed by atoms with Crippen molar-refractivity contribution in [3.8, 4) is 17.4 Å². The minimum absolute atomic E-state index is 0.214. The summed E-state index contributed by atoms with van der Waals surface area (Å²) < 4.78 is 19.4. The number of benzene rings is 2. The Balaban J connectivity index is 1.84. The average molecular weight is 412 g/mol. The molecule has 0 aliphatic heterocycles. The Hall–Kier alpha value is -3.96. The van der Waals surface area contributed by atoms with Crippen LogP contribution in [0.5, 0.6) is 0 Å². The minimum atomic E-state index is -0.937. The highest BCUT2D eigenvalue weighted by Gasteiger charge is 2.16. The second-order valence-corrected chi connectivity index (χ2v) is 6.19. The molecule has 9 heteroatoms. The van der Waals surface area contributed by atoms with E-state index in [1.54, 1.807) is 42.5 Å². The van der Waals surface area contributed by atoms with E-state index in [4.69, 9.17) is 16.0 Å². The van der Waals surface area contributed by atoms with E-state index in [9.17, 15) is 24.6 Å². The number of anilines is 1. The van der Waals surface area contributed by atoms with Crippen molar-refractivity contribution in [3.63, 3.8) is 0 Å². The van der Waals surface area contributed by atoms with Crippen LogP contribution in [0.4, 0.5) is 15.8 Å². The molecule has 29 heavy (non-hydrogen) atoms. The van der Waals surface area contributed by atoms with E-state index in [0.29, 0.717) is 16.3 Å². The summed E-state index contributed by atoms with van der Waals surface area (Å²) in [6.07, 6.45) is 1.18. The Morgan fingerprint density at radius 3 is 2.72 bits per heavy atom. The molecule has 0 saturated heterocycles. The molecule has 1 heterocycles. The zero-order valence-electron chi connectivity index (χ0n) is 14.6. The highest BCUT2D eigenvalue weighted by molar-refractivity contribution is 6.30. The number of nitro benzene ring substituents is 1. The summed E-state index contributed by atoms with van der Waals surface area (Å²) in [6, 6.07) is 14.5. The van der Waals surface area contributed by atoms with E-state index in [1.807, 2.05) is 0 Å². The number of carbonyl (C=O) groups excluding carboxylic acids is 1. The van der Waals surface area contributed by atoms with Crippen molar-refractivity contribution >= 4 is 35.0 Å². The van der Waals surface area contributed by atoms with Crippen LogP contribution in [0.1, 0.15) is 5.76 Å². The van der Waals surface area contributed by atoms with Crippen LogP contribution in [0.3, 0.4) is 0 Å². The number of furan rings is 1. The molecule has 0 bridgehead atoms. The molecule has 3 rings (SSSR count). The van der Waals surface area contributed by atoms with Gasteiger partial charge in [-0.3, -0.25) is 14.9 Å². The maximum atomic E-state index is 13.8. The van der Waals surface area contributed by atoms with Crippen molar-refractivity contribution in [2.24, 2.45) is 0 Å². The van der Waals surface area contributed by atoms with E-state index in [1.165, 1.54) is 6.08 Å². The number of carbonyl (C=O) groups is 1. The van der Waals surface area contributed by atoms with Crippen LogP contribution >= 0.6 is 11.6 Å². The number of halogens is 2. The van der Waals surface area contributed by atoms with Crippen LogP contribution in [-0.2, 0) is 4.79 Å². The molecule has 1 aromatic heterocycles. The Bertz CT molecular complexity index is 1180. The first-order chi connectivity index (χ1) is 13.9. The first kappa shape index (κ1) is 19.8. The lowest BCUT2D eigenvalue weighted by molar-refractivity contribution is -0.384. The van der Waals surface area contributed by atoms with Gasteiger partial charge in [-0.2, -0.15) is 5.26 Å². The summed E-state index contributed by atoms with van der Waals surface area (Å²) in [5, 5.41) is 22.8. The molecule has 0 atom stereocenters. The van der Waals surface area contributed by atoms with E-state index in [2.05, 4.69) is 5.32 Å². The van der Waals surface area contributed by atoms with Gasteiger partial charge in [0.2, 0.25) is 0 Å². The molecular formula is C20H11ClFN3O4. The van der Waals surface area contributed by atoms with E-state index in [-0.39, 0.29) is 11.3 Å². The van der Waals surface area contributed by atoms with Crippen molar-refractivity contribution in [3.05, 3.63) is 86.9 Å². The summed E-state index contributed by atoms with van der Waals surface area (Å²) in [5.41, 5.74) is -0.479. The van der Waals surface area contributed by atoms with Crippen molar-refractivity contribution in [1.82, 2.24) is 0 Å². The minimum Gasteiger partial charge on any atom is -0.457 e. The summed E-state index contributed by atoms with van der Waals surface area (Å²) in [6.45, 7) is 0. The number of nitro groups is 1. The van der Waals surface area contributed by atoms with Gasteiger partial charge in [-0.25, -0.2) is 4.39 Å². The molecule has 0 spiro atoms. The number of nitriles is 1. The Morgan fingerprint density at radius 1 is 1.24 bits per heavy atom. The van der Waals surface area contributed by atoms with Crippen molar-refractivity contribution in [1.29, 1.82) is 5.26 Å². The van der Waals surface area contributed by atoms with Gasteiger partial charge in [-0.15, -0.1) is 0 Å². The molecule has 0 aliphatic rings. The molecule has 0 unspecified atom stereocenters. The number of hydrogen-bond acceptors (Lipinski definition) is 5. The first-order valence-corrected chi connectivity index (χ1v) is 8.48. The molecule has 144 valence electrons. The van der Waals surface area contributed by atoms with Crippen molar-refractivity contribution < 1.29 is 18.5 Å². The predicted molar refractivity (Wildman–Crippen MR) is 104 cm³/mol. The fraction of sp³-hybridized carbons (Fsp3) is 0. The van der Waals surface area contributed by atoms with Crippen LogP contribution in [0.25, 0.3) is 17.4 Å². The van der Waals surface area contributed by atoms with Gasteiger partial charge in [0.1, 0.15) is 29.0 Å². The van der Waals surface area contributed by atoms with Gasteiger partial charge < -0.3 is 9.73 Å². The van der Waals surface area contributed by atoms with Crippen molar-refractivity contribution in [2.45, 2.75) is 0 Å². The predicted octanol–water partition coefficient (Wildman–Crippen LogP) is 5.19. The second-order valence-electron chi connectivity index (χ2n) is 5.76. The van der Waals surface area contributed by atoms with Crippen molar-refractivity contribution in [2.75, 3.05) is 5.32 Å². The Kier molecular flexibility index (Phi) is 5.71. The van der Waals surface area contributed by atoms with Gasteiger partial charge in [0.05, 0.1) is 10.6 Å². The smallest absolute Gasteiger partial charge is 0.271 e. The zero-order chi connectivity index (χ0) is 21.0. The second kappa shape index (κ2) is 8.37. The van der Waals surface area contributed by atoms with Crippen LogP contribution < -0.4 is 5.32 Å². The number of rotatable bonds is 5. The molecule has 0 radical (unpaired) electrons. The van der Waals surface area contributed by atoms with Gasteiger partial charge in [0.25, 0.3) is 11.6 Å². The lowest BCUT2D eigenvalue weighted by Crippen LogP contribution is -2.14.